The molecule has 8 heteroatoms. The van der Waals surface area contributed by atoms with Crippen molar-refractivity contribution in [2.24, 2.45) is 0 Å². The molecule has 0 aliphatic heterocycles. The Morgan fingerprint density at radius 3 is 2.80 bits per heavy atom. The minimum Gasteiger partial charge on any atom is -0.475 e. The van der Waals surface area contributed by atoms with E-state index in [4.69, 9.17) is 14.3 Å². The number of hydrogen-bond donors (Lipinski definition) is 2. The zero-order valence-corrected chi connectivity index (χ0v) is 11.9. The van der Waals surface area contributed by atoms with Crippen LogP contribution in [-0.2, 0) is 14.8 Å². The molecule has 20 heavy (non-hydrogen) atoms. The highest BCUT2D eigenvalue weighted by Gasteiger charge is 2.23. The van der Waals surface area contributed by atoms with Crippen LogP contribution >= 0.6 is 0 Å². The molecule has 1 aromatic rings. The first-order valence-corrected chi connectivity index (χ1v) is 7.39. The molecule has 112 valence electrons. The number of aryl methyl sites for hydroxylation is 1. The molecule has 0 spiro atoms. The normalized spacial score (nSPS) is 11.4. The van der Waals surface area contributed by atoms with Crippen LogP contribution in [0.2, 0.25) is 0 Å². The van der Waals surface area contributed by atoms with E-state index < -0.39 is 21.8 Å². The Morgan fingerprint density at radius 2 is 2.25 bits per heavy atom. The smallest absolute Gasteiger partial charge is 0.371 e. The molecule has 0 aliphatic carbocycles. The number of nitrogens with one attached hydrogen (secondary N) is 1. The van der Waals surface area contributed by atoms with Gasteiger partial charge in [0.2, 0.25) is 15.8 Å². The Labute approximate surface area is 117 Å². The van der Waals surface area contributed by atoms with Crippen LogP contribution in [0.3, 0.4) is 0 Å². The van der Waals surface area contributed by atoms with Gasteiger partial charge in [-0.3, -0.25) is 0 Å². The topological polar surface area (TPSA) is 106 Å². The number of hydrogen-bond acceptors (Lipinski definition) is 5. The molecule has 0 radical (unpaired) electrons. The lowest BCUT2D eigenvalue weighted by Gasteiger charge is -2.05. The summed E-state index contributed by atoms with van der Waals surface area (Å²) in [6.07, 6.45) is 2.39. The SMILES string of the molecule is C=CCCOCCNS(=O)(=O)c1cc(C(=O)O)oc1C. The van der Waals surface area contributed by atoms with Crippen molar-refractivity contribution in [1.29, 1.82) is 0 Å². The molecule has 1 heterocycles. The maximum Gasteiger partial charge on any atom is 0.371 e. The third-order valence-corrected chi connectivity index (χ3v) is 3.95. The van der Waals surface area contributed by atoms with Crippen LogP contribution in [-0.4, -0.2) is 39.3 Å². The second kappa shape index (κ2) is 7.22. The number of rotatable bonds is 9. The average molecular weight is 303 g/mol. The predicted molar refractivity (Wildman–Crippen MR) is 71.2 cm³/mol. The average Bonchev–Trinajstić information content (AvgIpc) is 2.77. The highest BCUT2D eigenvalue weighted by molar-refractivity contribution is 7.89. The van der Waals surface area contributed by atoms with Gasteiger partial charge in [0.05, 0.1) is 13.2 Å². The molecule has 0 amide bonds. The Hall–Kier alpha value is -1.64. The lowest BCUT2D eigenvalue weighted by molar-refractivity contribution is 0.0661. The first-order valence-electron chi connectivity index (χ1n) is 5.90. The maximum atomic E-state index is 11.9. The van der Waals surface area contributed by atoms with Gasteiger partial charge in [0, 0.05) is 12.6 Å². The standard InChI is InChI=1S/C12H17NO6S/c1-3-4-6-18-7-5-13-20(16,17)11-8-10(12(14)15)19-9(11)2/h3,8,13H,1,4-7H2,2H3,(H,14,15). The van der Waals surface area contributed by atoms with E-state index >= 15 is 0 Å². The number of sulfonamides is 1. The van der Waals surface area contributed by atoms with Gasteiger partial charge in [0.1, 0.15) is 10.7 Å². The minimum atomic E-state index is -3.80. The van der Waals surface area contributed by atoms with E-state index in [0.29, 0.717) is 13.0 Å². The van der Waals surface area contributed by atoms with Crippen molar-refractivity contribution in [3.63, 3.8) is 0 Å². The van der Waals surface area contributed by atoms with E-state index in [1.165, 1.54) is 6.92 Å². The fourth-order valence-electron chi connectivity index (χ4n) is 1.43. The van der Waals surface area contributed by atoms with E-state index in [2.05, 4.69) is 11.3 Å². The fourth-order valence-corrected chi connectivity index (χ4v) is 2.62. The first-order chi connectivity index (χ1) is 9.38. The molecule has 2 N–H and O–H groups in total. The molecule has 0 bridgehead atoms. The molecule has 0 saturated heterocycles. The summed E-state index contributed by atoms with van der Waals surface area (Å²) in [6.45, 7) is 5.70. The Morgan fingerprint density at radius 1 is 1.55 bits per heavy atom. The van der Waals surface area contributed by atoms with E-state index in [1.54, 1.807) is 6.08 Å². The zero-order valence-electron chi connectivity index (χ0n) is 11.1. The van der Waals surface area contributed by atoms with Gasteiger partial charge in [-0.15, -0.1) is 6.58 Å². The summed E-state index contributed by atoms with van der Waals surface area (Å²) in [7, 11) is -3.80. The second-order valence-corrected chi connectivity index (χ2v) is 5.66. The van der Waals surface area contributed by atoms with Crippen LogP contribution in [0.4, 0.5) is 0 Å². The van der Waals surface area contributed by atoms with Crippen molar-refractivity contribution in [2.45, 2.75) is 18.2 Å². The summed E-state index contributed by atoms with van der Waals surface area (Å²) in [5.74, 6) is -1.70. The van der Waals surface area contributed by atoms with Gasteiger partial charge in [-0.2, -0.15) is 0 Å². The summed E-state index contributed by atoms with van der Waals surface area (Å²) in [5, 5.41) is 8.75. The van der Waals surface area contributed by atoms with Gasteiger partial charge in [-0.05, 0) is 13.3 Å². The van der Waals surface area contributed by atoms with Crippen LogP contribution in [0.25, 0.3) is 0 Å². The third-order valence-electron chi connectivity index (χ3n) is 2.38. The molecule has 0 aromatic carbocycles. The summed E-state index contributed by atoms with van der Waals surface area (Å²) < 4.78 is 36.2. The maximum absolute atomic E-state index is 11.9. The van der Waals surface area contributed by atoms with Gasteiger partial charge in [-0.1, -0.05) is 6.08 Å². The molecule has 0 aliphatic rings. The minimum absolute atomic E-state index is 0.0301. The van der Waals surface area contributed by atoms with Crippen molar-refractivity contribution in [2.75, 3.05) is 19.8 Å². The highest BCUT2D eigenvalue weighted by atomic mass is 32.2. The van der Waals surface area contributed by atoms with Gasteiger partial charge < -0.3 is 14.3 Å². The van der Waals surface area contributed by atoms with E-state index in [1.807, 2.05) is 0 Å². The molecule has 0 unspecified atom stereocenters. The molecule has 1 rings (SSSR count). The van der Waals surface area contributed by atoms with Crippen LogP contribution in [0, 0.1) is 6.92 Å². The summed E-state index contributed by atoms with van der Waals surface area (Å²) in [5.41, 5.74) is 0. The highest BCUT2D eigenvalue weighted by Crippen LogP contribution is 2.19. The van der Waals surface area contributed by atoms with Crippen LogP contribution < -0.4 is 4.72 Å². The van der Waals surface area contributed by atoms with Gasteiger partial charge in [-0.25, -0.2) is 17.9 Å². The lowest BCUT2D eigenvalue weighted by Crippen LogP contribution is -2.27. The second-order valence-electron chi connectivity index (χ2n) is 3.92. The van der Waals surface area contributed by atoms with Gasteiger partial charge in [0.25, 0.3) is 0 Å². The van der Waals surface area contributed by atoms with Crippen molar-refractivity contribution in [3.05, 3.63) is 30.2 Å². The summed E-state index contributed by atoms with van der Waals surface area (Å²) in [6, 6.07) is 0.985. The molecule has 1 aromatic heterocycles. The number of carbonyl (C=O) groups is 1. The van der Waals surface area contributed by atoms with E-state index in [0.717, 1.165) is 6.07 Å². The Bertz CT molecular complexity index is 575. The summed E-state index contributed by atoms with van der Waals surface area (Å²) >= 11 is 0. The molecule has 0 atom stereocenters. The number of aromatic carboxylic acids is 1. The van der Waals surface area contributed by atoms with E-state index in [-0.39, 0.29) is 23.8 Å². The molecule has 0 saturated carbocycles. The van der Waals surface area contributed by atoms with Crippen molar-refractivity contribution >= 4 is 16.0 Å². The van der Waals surface area contributed by atoms with Gasteiger partial charge in [0.15, 0.2) is 0 Å². The van der Waals surface area contributed by atoms with Crippen LogP contribution in [0.15, 0.2) is 28.0 Å². The summed E-state index contributed by atoms with van der Waals surface area (Å²) in [4.78, 5) is 10.5. The third kappa shape index (κ3) is 4.48. The van der Waals surface area contributed by atoms with Crippen molar-refractivity contribution < 1.29 is 27.5 Å². The Kier molecular flexibility index (Phi) is 5.93. The van der Waals surface area contributed by atoms with Gasteiger partial charge >= 0.3 is 5.97 Å². The fraction of sp³-hybridized carbons (Fsp3) is 0.417. The quantitative estimate of drug-likeness (QED) is 0.524. The molecule has 0 fully saturated rings. The largest absolute Gasteiger partial charge is 0.475 e. The number of carboxylic acids is 1. The zero-order chi connectivity index (χ0) is 15.2. The number of carboxylic acid groups (broad SMARTS) is 1. The molecular weight excluding hydrogens is 286 g/mol. The van der Waals surface area contributed by atoms with E-state index in [9.17, 15) is 13.2 Å². The van der Waals surface area contributed by atoms with Crippen LogP contribution in [0.1, 0.15) is 22.7 Å². The van der Waals surface area contributed by atoms with Crippen LogP contribution in [0.5, 0.6) is 0 Å². The molecular formula is C12H17NO6S. The lowest BCUT2D eigenvalue weighted by atomic mass is 10.4. The number of furan rings is 1. The monoisotopic (exact) mass is 303 g/mol. The van der Waals surface area contributed by atoms with Crippen molar-refractivity contribution in [1.82, 2.24) is 4.72 Å². The Balaban J connectivity index is 2.60. The predicted octanol–water partition coefficient (Wildman–Crippen LogP) is 1.16. The first kappa shape index (κ1) is 16.4. The number of ether oxygens (including phenoxy) is 1. The molecule has 7 nitrogen and oxygen atoms in total. The van der Waals surface area contributed by atoms with Crippen molar-refractivity contribution in [3.8, 4) is 0 Å².